The van der Waals surface area contributed by atoms with Gasteiger partial charge in [-0.2, -0.15) is 0 Å². The van der Waals surface area contributed by atoms with Crippen LogP contribution in [0.2, 0.25) is 0 Å². The van der Waals surface area contributed by atoms with Crippen molar-refractivity contribution < 1.29 is 0 Å². The molecule has 1 aromatic heterocycles. The first-order valence-corrected chi connectivity index (χ1v) is 4.65. The van der Waals surface area contributed by atoms with Gasteiger partial charge >= 0.3 is 0 Å². The molecule has 74 valence electrons. The molecular formula is C10H14N4. The summed E-state index contributed by atoms with van der Waals surface area (Å²) in [6.45, 7) is 3.40. The Morgan fingerprint density at radius 3 is 2.93 bits per heavy atom. The van der Waals surface area contributed by atoms with Crippen molar-refractivity contribution in [2.45, 2.75) is 13.5 Å². The van der Waals surface area contributed by atoms with Crippen LogP contribution in [0.25, 0.3) is 11.0 Å². The average molecular weight is 190 g/mol. The molecule has 0 radical (unpaired) electrons. The monoisotopic (exact) mass is 190 g/mol. The normalized spacial score (nSPS) is 11.0. The molecule has 0 aliphatic rings. The molecule has 1 heterocycles. The third-order valence-corrected chi connectivity index (χ3v) is 2.32. The van der Waals surface area contributed by atoms with Crippen molar-refractivity contribution >= 4 is 16.7 Å². The van der Waals surface area contributed by atoms with E-state index in [-0.39, 0.29) is 0 Å². The second kappa shape index (κ2) is 3.31. The highest BCUT2D eigenvalue weighted by molar-refractivity contribution is 5.79. The summed E-state index contributed by atoms with van der Waals surface area (Å²) in [4.78, 5) is 4.42. The Bertz CT molecular complexity index is 458. The van der Waals surface area contributed by atoms with E-state index < -0.39 is 0 Å². The molecule has 14 heavy (non-hydrogen) atoms. The van der Waals surface area contributed by atoms with Crippen LogP contribution in [-0.4, -0.2) is 16.1 Å². The molecule has 4 heteroatoms. The van der Waals surface area contributed by atoms with Crippen molar-refractivity contribution in [2.24, 2.45) is 5.73 Å². The molecule has 2 rings (SSSR count). The summed E-state index contributed by atoms with van der Waals surface area (Å²) < 4.78 is 2.11. The molecule has 0 amide bonds. The van der Waals surface area contributed by atoms with Crippen LogP contribution in [0.15, 0.2) is 18.2 Å². The Morgan fingerprint density at radius 2 is 2.21 bits per heavy atom. The van der Waals surface area contributed by atoms with Gasteiger partial charge in [0.2, 0.25) is 0 Å². The van der Waals surface area contributed by atoms with E-state index in [9.17, 15) is 0 Å². The van der Waals surface area contributed by atoms with Gasteiger partial charge in [0.1, 0.15) is 5.82 Å². The third kappa shape index (κ3) is 1.33. The number of aromatic nitrogens is 2. The maximum Gasteiger partial charge on any atom is 0.106 e. The number of nitrogens with zero attached hydrogens (tertiary/aromatic N) is 2. The van der Waals surface area contributed by atoms with Gasteiger partial charge in [0.25, 0.3) is 0 Å². The molecule has 0 fully saturated rings. The lowest BCUT2D eigenvalue weighted by Gasteiger charge is -2.03. The van der Waals surface area contributed by atoms with Crippen molar-refractivity contribution in [3.8, 4) is 0 Å². The quantitative estimate of drug-likeness (QED) is 0.691. The van der Waals surface area contributed by atoms with Crippen molar-refractivity contribution in [2.75, 3.05) is 12.3 Å². The maximum absolute atomic E-state index is 5.68. The highest BCUT2D eigenvalue weighted by Crippen LogP contribution is 2.18. The lowest BCUT2D eigenvalue weighted by molar-refractivity contribution is 0.704. The fraction of sp³-hybridized carbons (Fsp3) is 0.300. The minimum atomic E-state index is 0.622. The largest absolute Gasteiger partial charge is 0.399 e. The number of imidazole rings is 1. The van der Waals surface area contributed by atoms with Gasteiger partial charge in [-0.15, -0.1) is 0 Å². The SMILES string of the molecule is Cc1nc2cc(N)ccc2n1CCN. The lowest BCUT2D eigenvalue weighted by Crippen LogP contribution is -2.10. The predicted molar refractivity (Wildman–Crippen MR) is 57.9 cm³/mol. The van der Waals surface area contributed by atoms with E-state index in [0.29, 0.717) is 6.54 Å². The molecule has 0 saturated carbocycles. The molecule has 0 spiro atoms. The van der Waals surface area contributed by atoms with E-state index in [0.717, 1.165) is 29.1 Å². The maximum atomic E-state index is 5.68. The summed E-state index contributed by atoms with van der Waals surface area (Å²) in [6, 6.07) is 5.76. The fourth-order valence-electron chi connectivity index (χ4n) is 1.68. The predicted octanol–water partition coefficient (Wildman–Crippen LogP) is 0.886. The van der Waals surface area contributed by atoms with Gasteiger partial charge in [0.05, 0.1) is 11.0 Å². The van der Waals surface area contributed by atoms with E-state index >= 15 is 0 Å². The molecule has 4 N–H and O–H groups in total. The number of aryl methyl sites for hydroxylation is 1. The molecule has 0 aliphatic heterocycles. The Kier molecular flexibility index (Phi) is 2.13. The number of rotatable bonds is 2. The summed E-state index contributed by atoms with van der Waals surface area (Å²) >= 11 is 0. The first-order valence-electron chi connectivity index (χ1n) is 4.65. The van der Waals surface area contributed by atoms with Gasteiger partial charge in [-0.05, 0) is 25.1 Å². The highest BCUT2D eigenvalue weighted by atomic mass is 15.1. The molecule has 0 saturated heterocycles. The number of anilines is 1. The Labute approximate surface area is 82.5 Å². The number of fused-ring (bicyclic) bond motifs is 1. The van der Waals surface area contributed by atoms with E-state index in [1.165, 1.54) is 0 Å². The van der Waals surface area contributed by atoms with Crippen LogP contribution in [0.5, 0.6) is 0 Å². The number of benzene rings is 1. The zero-order valence-corrected chi connectivity index (χ0v) is 8.20. The Hall–Kier alpha value is -1.55. The topological polar surface area (TPSA) is 69.9 Å². The minimum absolute atomic E-state index is 0.622. The van der Waals surface area contributed by atoms with Crippen molar-refractivity contribution in [1.82, 2.24) is 9.55 Å². The van der Waals surface area contributed by atoms with Gasteiger partial charge < -0.3 is 16.0 Å². The molecular weight excluding hydrogens is 176 g/mol. The van der Waals surface area contributed by atoms with E-state index in [4.69, 9.17) is 11.5 Å². The van der Waals surface area contributed by atoms with Crippen LogP contribution in [-0.2, 0) is 6.54 Å². The average Bonchev–Trinajstić information content (AvgIpc) is 2.43. The molecule has 2 aromatic rings. The molecule has 0 aliphatic carbocycles. The van der Waals surface area contributed by atoms with Gasteiger partial charge in [0.15, 0.2) is 0 Å². The van der Waals surface area contributed by atoms with E-state index in [1.807, 2.05) is 25.1 Å². The summed E-state index contributed by atoms with van der Waals surface area (Å²) in [6.07, 6.45) is 0. The van der Waals surface area contributed by atoms with E-state index in [2.05, 4.69) is 9.55 Å². The highest BCUT2D eigenvalue weighted by Gasteiger charge is 2.05. The zero-order valence-electron chi connectivity index (χ0n) is 8.20. The summed E-state index contributed by atoms with van der Waals surface area (Å²) in [5, 5.41) is 0. The summed E-state index contributed by atoms with van der Waals surface area (Å²) in [7, 11) is 0. The van der Waals surface area contributed by atoms with Crippen molar-refractivity contribution in [3.63, 3.8) is 0 Å². The molecule has 1 aromatic carbocycles. The second-order valence-electron chi connectivity index (χ2n) is 3.35. The van der Waals surface area contributed by atoms with Crippen LogP contribution in [0.4, 0.5) is 5.69 Å². The molecule has 0 bridgehead atoms. The molecule has 0 atom stereocenters. The Morgan fingerprint density at radius 1 is 1.43 bits per heavy atom. The zero-order chi connectivity index (χ0) is 10.1. The standard InChI is InChI=1S/C10H14N4/c1-7-13-9-6-8(12)2-3-10(9)14(7)5-4-11/h2-3,6H,4-5,11-12H2,1H3. The minimum Gasteiger partial charge on any atom is -0.399 e. The lowest BCUT2D eigenvalue weighted by atomic mass is 10.3. The van der Waals surface area contributed by atoms with E-state index in [1.54, 1.807) is 0 Å². The number of hydrogen-bond donors (Lipinski definition) is 2. The van der Waals surface area contributed by atoms with Gasteiger partial charge in [0, 0.05) is 18.8 Å². The molecule has 4 nitrogen and oxygen atoms in total. The second-order valence-corrected chi connectivity index (χ2v) is 3.35. The number of nitrogens with two attached hydrogens (primary N) is 2. The van der Waals surface area contributed by atoms with Crippen molar-refractivity contribution in [3.05, 3.63) is 24.0 Å². The van der Waals surface area contributed by atoms with Crippen LogP contribution in [0.3, 0.4) is 0 Å². The van der Waals surface area contributed by atoms with Crippen LogP contribution in [0, 0.1) is 6.92 Å². The first kappa shape index (κ1) is 9.02. The van der Waals surface area contributed by atoms with Gasteiger partial charge in [-0.1, -0.05) is 0 Å². The van der Waals surface area contributed by atoms with Crippen molar-refractivity contribution in [1.29, 1.82) is 0 Å². The molecule has 0 unspecified atom stereocenters. The third-order valence-electron chi connectivity index (χ3n) is 2.32. The van der Waals surface area contributed by atoms with Crippen LogP contribution < -0.4 is 11.5 Å². The number of nitrogen functional groups attached to an aromatic ring is 1. The van der Waals surface area contributed by atoms with Crippen LogP contribution >= 0.6 is 0 Å². The number of hydrogen-bond acceptors (Lipinski definition) is 3. The van der Waals surface area contributed by atoms with Gasteiger partial charge in [-0.25, -0.2) is 4.98 Å². The fourth-order valence-corrected chi connectivity index (χ4v) is 1.68. The van der Waals surface area contributed by atoms with Gasteiger partial charge in [-0.3, -0.25) is 0 Å². The summed E-state index contributed by atoms with van der Waals surface area (Å²) in [5.41, 5.74) is 14.0. The summed E-state index contributed by atoms with van der Waals surface area (Å²) in [5.74, 6) is 0.982. The van der Waals surface area contributed by atoms with Crippen LogP contribution in [0.1, 0.15) is 5.82 Å². The Balaban J connectivity index is 2.64. The smallest absolute Gasteiger partial charge is 0.106 e. The first-order chi connectivity index (χ1) is 6.72.